The van der Waals surface area contributed by atoms with Gasteiger partial charge in [0, 0.05) is 18.3 Å². The molecule has 0 spiro atoms. The summed E-state index contributed by atoms with van der Waals surface area (Å²) in [7, 11) is 0. The van der Waals surface area contributed by atoms with Gasteiger partial charge in [-0.2, -0.15) is 0 Å². The van der Waals surface area contributed by atoms with Crippen molar-refractivity contribution in [2.24, 2.45) is 0 Å². The van der Waals surface area contributed by atoms with Crippen LogP contribution >= 0.6 is 0 Å². The Morgan fingerprint density at radius 2 is 2.25 bits per heavy atom. The van der Waals surface area contributed by atoms with E-state index in [9.17, 15) is 14.0 Å². The normalized spacial score (nSPS) is 12.2. The van der Waals surface area contributed by atoms with Crippen molar-refractivity contribution in [3.05, 3.63) is 34.5 Å². The Morgan fingerprint density at radius 1 is 1.56 bits per heavy atom. The monoisotopic (exact) mass is 226 g/mol. The van der Waals surface area contributed by atoms with Crippen LogP contribution in [0.3, 0.4) is 0 Å². The van der Waals surface area contributed by atoms with Crippen molar-refractivity contribution in [2.75, 3.05) is 0 Å². The molecule has 1 heterocycles. The molecule has 1 amide bonds. The lowest BCUT2D eigenvalue weighted by Crippen LogP contribution is -2.36. The molecule has 88 valence electrons. The smallest absolute Gasteiger partial charge is 0.251 e. The Kier molecular flexibility index (Phi) is 4.22. The molecule has 1 aromatic rings. The highest BCUT2D eigenvalue weighted by Crippen LogP contribution is 1.93. The van der Waals surface area contributed by atoms with Crippen LogP contribution in [0, 0.1) is 5.82 Å². The number of amides is 1. The number of nitrogens with one attached hydrogen (secondary N) is 1. The molecule has 0 aliphatic heterocycles. The molecule has 0 fully saturated rings. The lowest BCUT2D eigenvalue weighted by molar-refractivity contribution is -0.122. The first-order valence-corrected chi connectivity index (χ1v) is 5.18. The molecule has 1 N–H and O–H groups in total. The van der Waals surface area contributed by atoms with Gasteiger partial charge in [0.05, 0.1) is 0 Å². The Morgan fingerprint density at radius 3 is 2.88 bits per heavy atom. The summed E-state index contributed by atoms with van der Waals surface area (Å²) < 4.78 is 13.9. The summed E-state index contributed by atoms with van der Waals surface area (Å²) in [5.74, 6) is -0.821. The van der Waals surface area contributed by atoms with E-state index in [4.69, 9.17) is 0 Å². The number of pyridine rings is 1. The third kappa shape index (κ3) is 3.49. The van der Waals surface area contributed by atoms with Crippen LogP contribution < -0.4 is 10.9 Å². The van der Waals surface area contributed by atoms with E-state index >= 15 is 0 Å². The van der Waals surface area contributed by atoms with Crippen LogP contribution in [-0.2, 0) is 11.3 Å². The summed E-state index contributed by atoms with van der Waals surface area (Å²) >= 11 is 0. The van der Waals surface area contributed by atoms with Gasteiger partial charge in [-0.05, 0) is 19.4 Å². The van der Waals surface area contributed by atoms with Crippen LogP contribution in [0.1, 0.15) is 20.3 Å². The van der Waals surface area contributed by atoms with E-state index in [0.717, 1.165) is 29.3 Å². The second-order valence-electron chi connectivity index (χ2n) is 3.69. The van der Waals surface area contributed by atoms with Gasteiger partial charge in [-0.1, -0.05) is 6.92 Å². The first-order chi connectivity index (χ1) is 7.52. The highest BCUT2D eigenvalue weighted by Gasteiger charge is 2.07. The summed E-state index contributed by atoms with van der Waals surface area (Å²) in [6.45, 7) is 3.66. The number of aromatic nitrogens is 1. The summed E-state index contributed by atoms with van der Waals surface area (Å²) in [6.07, 6.45) is 1.84. The van der Waals surface area contributed by atoms with Crippen LogP contribution in [0.2, 0.25) is 0 Å². The predicted octanol–water partition coefficient (Wildman–Crippen LogP) is 0.902. The molecule has 16 heavy (non-hydrogen) atoms. The maximum Gasteiger partial charge on any atom is 0.251 e. The Hall–Kier alpha value is -1.65. The van der Waals surface area contributed by atoms with E-state index in [1.54, 1.807) is 0 Å². The molecule has 1 aromatic heterocycles. The molecule has 0 aromatic carbocycles. The maximum absolute atomic E-state index is 12.8. The van der Waals surface area contributed by atoms with E-state index in [2.05, 4.69) is 5.32 Å². The van der Waals surface area contributed by atoms with Crippen molar-refractivity contribution >= 4 is 5.91 Å². The van der Waals surface area contributed by atoms with Gasteiger partial charge < -0.3 is 9.88 Å². The molecule has 1 rings (SSSR count). The molecule has 1 atom stereocenters. The van der Waals surface area contributed by atoms with Gasteiger partial charge in [0.1, 0.15) is 12.4 Å². The Balaban J connectivity index is 2.69. The van der Waals surface area contributed by atoms with Gasteiger partial charge >= 0.3 is 0 Å². The molecular weight excluding hydrogens is 211 g/mol. The van der Waals surface area contributed by atoms with Crippen molar-refractivity contribution in [3.63, 3.8) is 0 Å². The van der Waals surface area contributed by atoms with Gasteiger partial charge in [-0.3, -0.25) is 9.59 Å². The number of rotatable bonds is 4. The summed E-state index contributed by atoms with van der Waals surface area (Å²) in [5.41, 5.74) is -0.388. The quantitative estimate of drug-likeness (QED) is 0.829. The van der Waals surface area contributed by atoms with Crippen molar-refractivity contribution in [1.82, 2.24) is 9.88 Å². The van der Waals surface area contributed by atoms with E-state index < -0.39 is 5.82 Å². The lowest BCUT2D eigenvalue weighted by Gasteiger charge is -2.12. The minimum Gasteiger partial charge on any atom is -0.352 e. The molecule has 0 aliphatic rings. The van der Waals surface area contributed by atoms with Crippen LogP contribution in [0.4, 0.5) is 4.39 Å². The minimum absolute atomic E-state index is 0.0526. The number of carbonyl (C=O) groups is 1. The van der Waals surface area contributed by atoms with E-state index in [0.29, 0.717) is 0 Å². The first kappa shape index (κ1) is 12.4. The molecular formula is C11H15FN2O2. The van der Waals surface area contributed by atoms with Crippen LogP contribution in [0.5, 0.6) is 0 Å². The molecule has 4 nitrogen and oxygen atoms in total. The van der Waals surface area contributed by atoms with E-state index in [1.165, 1.54) is 0 Å². The van der Waals surface area contributed by atoms with E-state index in [1.807, 2.05) is 13.8 Å². The third-order valence-corrected chi connectivity index (χ3v) is 2.28. The molecule has 5 heteroatoms. The van der Waals surface area contributed by atoms with Crippen molar-refractivity contribution in [3.8, 4) is 0 Å². The maximum atomic E-state index is 12.8. The Labute approximate surface area is 93.1 Å². The second-order valence-corrected chi connectivity index (χ2v) is 3.69. The zero-order valence-corrected chi connectivity index (χ0v) is 9.37. The van der Waals surface area contributed by atoms with Gasteiger partial charge in [-0.25, -0.2) is 4.39 Å². The Bertz CT molecular complexity index is 428. The standard InChI is InChI=1S/C11H15FN2O2/c1-3-8(2)13-10(15)7-14-6-9(12)4-5-11(14)16/h4-6,8H,3,7H2,1-2H3,(H,13,15). The third-order valence-electron chi connectivity index (χ3n) is 2.28. The zero-order valence-electron chi connectivity index (χ0n) is 9.37. The summed E-state index contributed by atoms with van der Waals surface area (Å²) in [5, 5.41) is 2.70. The topological polar surface area (TPSA) is 51.1 Å². The first-order valence-electron chi connectivity index (χ1n) is 5.18. The fourth-order valence-electron chi connectivity index (χ4n) is 1.20. The van der Waals surface area contributed by atoms with Gasteiger partial charge in [0.2, 0.25) is 5.91 Å². The number of hydrogen-bond donors (Lipinski definition) is 1. The minimum atomic E-state index is -0.532. The van der Waals surface area contributed by atoms with Gasteiger partial charge in [0.25, 0.3) is 5.56 Å². The second kappa shape index (κ2) is 5.44. The highest BCUT2D eigenvalue weighted by atomic mass is 19.1. The fraction of sp³-hybridized carbons (Fsp3) is 0.455. The molecule has 0 bridgehead atoms. The van der Waals surface area contributed by atoms with E-state index in [-0.39, 0.29) is 24.1 Å². The summed E-state index contributed by atoms with van der Waals surface area (Å²) in [4.78, 5) is 22.7. The van der Waals surface area contributed by atoms with Crippen LogP contribution in [0.15, 0.2) is 23.1 Å². The molecule has 1 unspecified atom stereocenters. The van der Waals surface area contributed by atoms with Crippen molar-refractivity contribution in [1.29, 1.82) is 0 Å². The largest absolute Gasteiger partial charge is 0.352 e. The zero-order chi connectivity index (χ0) is 12.1. The van der Waals surface area contributed by atoms with Crippen LogP contribution in [0.25, 0.3) is 0 Å². The average Bonchev–Trinajstić information content (AvgIpc) is 2.23. The average molecular weight is 226 g/mol. The molecule has 0 radical (unpaired) electrons. The van der Waals surface area contributed by atoms with Gasteiger partial charge in [-0.15, -0.1) is 0 Å². The number of carbonyl (C=O) groups excluding carboxylic acids is 1. The van der Waals surface area contributed by atoms with Crippen molar-refractivity contribution in [2.45, 2.75) is 32.9 Å². The lowest BCUT2D eigenvalue weighted by atomic mass is 10.2. The molecule has 0 aliphatic carbocycles. The predicted molar refractivity (Wildman–Crippen MR) is 58.6 cm³/mol. The molecule has 0 saturated carbocycles. The van der Waals surface area contributed by atoms with Crippen LogP contribution in [-0.4, -0.2) is 16.5 Å². The number of nitrogens with zero attached hydrogens (tertiary/aromatic N) is 1. The SMILES string of the molecule is CCC(C)NC(=O)Cn1cc(F)ccc1=O. The number of halogens is 1. The van der Waals surface area contributed by atoms with Gasteiger partial charge in [0.15, 0.2) is 0 Å². The number of hydrogen-bond acceptors (Lipinski definition) is 2. The highest BCUT2D eigenvalue weighted by molar-refractivity contribution is 5.75. The summed E-state index contributed by atoms with van der Waals surface area (Å²) in [6, 6.07) is 2.23. The molecule has 0 saturated heterocycles. The fourth-order valence-corrected chi connectivity index (χ4v) is 1.20. The van der Waals surface area contributed by atoms with Crippen molar-refractivity contribution < 1.29 is 9.18 Å².